The Kier molecular flexibility index (Phi) is 6.87. The molecule has 0 amide bonds. The molecular weight excluding hydrogens is 134 g/mol. The van der Waals surface area contributed by atoms with Crippen LogP contribution >= 0.6 is 0 Å². The van der Waals surface area contributed by atoms with Crippen LogP contribution in [0.3, 0.4) is 0 Å². The van der Waals surface area contributed by atoms with Gasteiger partial charge in [-0.25, -0.2) is 0 Å². The molecule has 0 radical (unpaired) electrons. The predicted octanol–water partition coefficient (Wildman–Crippen LogP) is 1.95. The zero-order valence-electron chi connectivity index (χ0n) is 7.27. The van der Waals surface area contributed by atoms with E-state index in [2.05, 4.69) is 24.7 Å². The molecule has 1 atom stereocenters. The lowest BCUT2D eigenvalue weighted by molar-refractivity contribution is 0.577. The number of unbranched alkanes of at least 4 members (excludes halogenated alkanes) is 1. The van der Waals surface area contributed by atoms with Crippen molar-refractivity contribution in [3.63, 3.8) is 0 Å². The van der Waals surface area contributed by atoms with Crippen LogP contribution in [0.25, 0.3) is 0 Å². The van der Waals surface area contributed by atoms with E-state index in [-0.39, 0.29) is 6.04 Å². The number of nitrogens with one attached hydrogen (secondary N) is 1. The maximum absolute atomic E-state index is 5.27. The topological polar surface area (TPSA) is 12.0 Å². The van der Waals surface area contributed by atoms with Crippen molar-refractivity contribution < 1.29 is 0 Å². The monoisotopic (exact) mass is 151 g/mol. The Morgan fingerprint density at radius 3 is 2.91 bits per heavy atom. The summed E-state index contributed by atoms with van der Waals surface area (Å²) in [5, 5.41) is 3.27. The SMILES string of the molecule is C#CC(CC)NCCCC=C. The van der Waals surface area contributed by atoms with Gasteiger partial charge in [0, 0.05) is 0 Å². The average molecular weight is 151 g/mol. The van der Waals surface area contributed by atoms with Crippen LogP contribution in [0.15, 0.2) is 12.7 Å². The van der Waals surface area contributed by atoms with Gasteiger partial charge in [0.15, 0.2) is 0 Å². The summed E-state index contributed by atoms with van der Waals surface area (Å²) in [5.74, 6) is 2.69. The summed E-state index contributed by atoms with van der Waals surface area (Å²) in [7, 11) is 0. The van der Waals surface area contributed by atoms with Crippen LogP contribution in [0.1, 0.15) is 26.2 Å². The van der Waals surface area contributed by atoms with Crippen LogP contribution in [-0.2, 0) is 0 Å². The lowest BCUT2D eigenvalue weighted by atomic mass is 10.2. The fourth-order valence-corrected chi connectivity index (χ4v) is 0.844. The van der Waals surface area contributed by atoms with Gasteiger partial charge in [-0.05, 0) is 25.8 Å². The summed E-state index contributed by atoms with van der Waals surface area (Å²) in [6, 6.07) is 0.250. The molecule has 1 N–H and O–H groups in total. The van der Waals surface area contributed by atoms with Crippen molar-refractivity contribution in [1.82, 2.24) is 5.32 Å². The Bertz CT molecular complexity index is 132. The highest BCUT2D eigenvalue weighted by molar-refractivity contribution is 4.97. The zero-order valence-corrected chi connectivity index (χ0v) is 7.27. The summed E-state index contributed by atoms with van der Waals surface area (Å²) in [5.41, 5.74) is 0. The Hall–Kier alpha value is -0.740. The lowest BCUT2D eigenvalue weighted by Crippen LogP contribution is -2.27. The largest absolute Gasteiger partial charge is 0.304 e. The summed E-state index contributed by atoms with van der Waals surface area (Å²) >= 11 is 0. The van der Waals surface area contributed by atoms with E-state index in [0.717, 1.165) is 25.8 Å². The first-order chi connectivity index (χ1) is 5.35. The van der Waals surface area contributed by atoms with E-state index in [1.54, 1.807) is 0 Å². The lowest BCUT2D eigenvalue weighted by Gasteiger charge is -2.08. The van der Waals surface area contributed by atoms with Crippen LogP contribution in [0.2, 0.25) is 0 Å². The van der Waals surface area contributed by atoms with Gasteiger partial charge in [-0.1, -0.05) is 18.9 Å². The minimum atomic E-state index is 0.250. The first kappa shape index (κ1) is 10.3. The maximum atomic E-state index is 5.27. The van der Waals surface area contributed by atoms with Gasteiger partial charge in [-0.2, -0.15) is 0 Å². The second-order valence-electron chi connectivity index (χ2n) is 2.51. The average Bonchev–Trinajstić information content (AvgIpc) is 2.05. The second kappa shape index (κ2) is 7.37. The normalized spacial score (nSPS) is 12.0. The Morgan fingerprint density at radius 2 is 2.45 bits per heavy atom. The van der Waals surface area contributed by atoms with E-state index in [9.17, 15) is 0 Å². The number of terminal acetylenes is 1. The van der Waals surface area contributed by atoms with Gasteiger partial charge in [0.1, 0.15) is 0 Å². The van der Waals surface area contributed by atoms with Gasteiger partial charge in [-0.3, -0.25) is 0 Å². The highest BCUT2D eigenvalue weighted by Crippen LogP contribution is 1.91. The molecule has 0 bridgehead atoms. The Balaban J connectivity index is 3.23. The fraction of sp³-hybridized carbons (Fsp3) is 0.600. The molecule has 0 rings (SSSR count). The highest BCUT2D eigenvalue weighted by Gasteiger charge is 1.97. The van der Waals surface area contributed by atoms with E-state index < -0.39 is 0 Å². The molecule has 1 heteroatoms. The van der Waals surface area contributed by atoms with Crippen LogP contribution in [0.4, 0.5) is 0 Å². The summed E-state index contributed by atoms with van der Waals surface area (Å²) in [4.78, 5) is 0. The standard InChI is InChI=1S/C10H17N/c1-4-7-8-9-11-10(5-2)6-3/h2,4,10-11H,1,6-9H2,3H3. The molecule has 0 aliphatic rings. The van der Waals surface area contributed by atoms with E-state index in [0.29, 0.717) is 0 Å². The molecule has 0 saturated heterocycles. The number of allylic oxidation sites excluding steroid dienone is 1. The third-order valence-corrected chi connectivity index (χ3v) is 1.59. The highest BCUT2D eigenvalue weighted by atomic mass is 14.9. The van der Waals surface area contributed by atoms with Gasteiger partial charge in [0.25, 0.3) is 0 Å². The maximum Gasteiger partial charge on any atom is 0.0684 e. The molecule has 0 fully saturated rings. The summed E-state index contributed by atoms with van der Waals surface area (Å²) in [6.45, 7) is 6.73. The van der Waals surface area contributed by atoms with Crippen molar-refractivity contribution in [3.05, 3.63) is 12.7 Å². The van der Waals surface area contributed by atoms with Crippen LogP contribution < -0.4 is 5.32 Å². The van der Waals surface area contributed by atoms with Gasteiger partial charge in [0.2, 0.25) is 0 Å². The molecule has 0 aromatic rings. The molecule has 11 heavy (non-hydrogen) atoms. The molecule has 1 nitrogen and oxygen atoms in total. The van der Waals surface area contributed by atoms with Crippen molar-refractivity contribution in [2.24, 2.45) is 0 Å². The molecule has 0 saturated carbocycles. The van der Waals surface area contributed by atoms with Crippen LogP contribution in [0.5, 0.6) is 0 Å². The summed E-state index contributed by atoms with van der Waals surface area (Å²) in [6.07, 6.45) is 10.4. The molecule has 0 aliphatic heterocycles. The summed E-state index contributed by atoms with van der Waals surface area (Å²) < 4.78 is 0. The van der Waals surface area contributed by atoms with E-state index in [1.807, 2.05) is 6.08 Å². The number of hydrogen-bond donors (Lipinski definition) is 1. The van der Waals surface area contributed by atoms with Crippen molar-refractivity contribution in [3.8, 4) is 12.3 Å². The minimum absolute atomic E-state index is 0.250. The molecule has 1 unspecified atom stereocenters. The quantitative estimate of drug-likeness (QED) is 0.347. The Labute approximate surface area is 69.9 Å². The molecule has 0 aliphatic carbocycles. The first-order valence-electron chi connectivity index (χ1n) is 4.15. The van der Waals surface area contributed by atoms with E-state index >= 15 is 0 Å². The predicted molar refractivity (Wildman–Crippen MR) is 50.3 cm³/mol. The minimum Gasteiger partial charge on any atom is -0.304 e. The fourth-order valence-electron chi connectivity index (χ4n) is 0.844. The van der Waals surface area contributed by atoms with Gasteiger partial charge < -0.3 is 5.32 Å². The molecule has 0 heterocycles. The third kappa shape index (κ3) is 5.69. The second-order valence-corrected chi connectivity index (χ2v) is 2.51. The van der Waals surface area contributed by atoms with Crippen LogP contribution in [-0.4, -0.2) is 12.6 Å². The van der Waals surface area contributed by atoms with Crippen molar-refractivity contribution in [2.45, 2.75) is 32.2 Å². The van der Waals surface area contributed by atoms with Crippen molar-refractivity contribution in [2.75, 3.05) is 6.54 Å². The molecule has 0 spiro atoms. The van der Waals surface area contributed by atoms with E-state index in [1.165, 1.54) is 0 Å². The Morgan fingerprint density at radius 1 is 1.73 bits per heavy atom. The van der Waals surface area contributed by atoms with E-state index in [4.69, 9.17) is 6.42 Å². The number of rotatable bonds is 6. The van der Waals surface area contributed by atoms with Crippen LogP contribution in [0, 0.1) is 12.3 Å². The van der Waals surface area contributed by atoms with Gasteiger partial charge in [-0.15, -0.1) is 13.0 Å². The first-order valence-corrected chi connectivity index (χ1v) is 4.15. The number of hydrogen-bond acceptors (Lipinski definition) is 1. The molecule has 0 aromatic carbocycles. The zero-order chi connectivity index (χ0) is 8.53. The third-order valence-electron chi connectivity index (χ3n) is 1.59. The van der Waals surface area contributed by atoms with Gasteiger partial charge >= 0.3 is 0 Å². The van der Waals surface area contributed by atoms with Gasteiger partial charge in [0.05, 0.1) is 6.04 Å². The van der Waals surface area contributed by atoms with Crippen molar-refractivity contribution >= 4 is 0 Å². The van der Waals surface area contributed by atoms with Crippen molar-refractivity contribution in [1.29, 1.82) is 0 Å². The molecule has 62 valence electrons. The smallest absolute Gasteiger partial charge is 0.0684 e. The molecular formula is C10H17N. The molecule has 0 aromatic heterocycles.